The molecular formula is C14H21N3O3S. The van der Waals surface area contributed by atoms with Gasteiger partial charge in [0.05, 0.1) is 25.2 Å². The molecule has 0 aliphatic carbocycles. The summed E-state index contributed by atoms with van der Waals surface area (Å²) < 4.78 is 30.5. The van der Waals surface area contributed by atoms with Crippen molar-refractivity contribution >= 4 is 15.7 Å². The van der Waals surface area contributed by atoms with Gasteiger partial charge >= 0.3 is 0 Å². The Balaban J connectivity index is 1.67. The summed E-state index contributed by atoms with van der Waals surface area (Å²) in [6.07, 6.45) is 6.72. The molecule has 0 radical (unpaired) electrons. The lowest BCUT2D eigenvalue weighted by Crippen LogP contribution is -2.49. The van der Waals surface area contributed by atoms with Crippen LogP contribution in [0.3, 0.4) is 0 Å². The monoisotopic (exact) mass is 311 g/mol. The first-order valence-corrected chi connectivity index (χ1v) is 9.07. The number of ether oxygens (including phenoxy) is 1. The predicted molar refractivity (Wildman–Crippen MR) is 80.9 cm³/mol. The number of hydrogen-bond donors (Lipinski definition) is 1. The molecule has 2 fully saturated rings. The minimum atomic E-state index is -3.09. The van der Waals surface area contributed by atoms with Gasteiger partial charge in [-0.15, -0.1) is 0 Å². The molecule has 2 atom stereocenters. The van der Waals surface area contributed by atoms with Gasteiger partial charge in [-0.1, -0.05) is 0 Å². The Bertz CT molecular complexity index is 588. The van der Waals surface area contributed by atoms with Gasteiger partial charge in [-0.3, -0.25) is 0 Å². The maximum absolute atomic E-state index is 11.9. The number of nitrogens with one attached hydrogen (secondary N) is 1. The molecule has 1 aromatic rings. The fraction of sp³-hybridized carbons (Fsp3) is 0.643. The molecule has 0 aromatic carbocycles. The molecule has 0 saturated carbocycles. The lowest BCUT2D eigenvalue weighted by molar-refractivity contribution is 0.236. The van der Waals surface area contributed by atoms with E-state index in [4.69, 9.17) is 4.74 Å². The van der Waals surface area contributed by atoms with E-state index >= 15 is 0 Å². The summed E-state index contributed by atoms with van der Waals surface area (Å²) in [4.78, 5) is 4.18. The quantitative estimate of drug-likeness (QED) is 0.911. The fourth-order valence-corrected chi connectivity index (χ4v) is 5.08. The first-order valence-electron chi connectivity index (χ1n) is 7.22. The first-order chi connectivity index (χ1) is 9.97. The van der Waals surface area contributed by atoms with Crippen molar-refractivity contribution in [1.82, 2.24) is 9.29 Å². The Hall–Kier alpha value is -1.34. The molecule has 2 saturated heterocycles. The fourth-order valence-electron chi connectivity index (χ4n) is 3.62. The molecule has 1 N–H and O–H groups in total. The van der Waals surface area contributed by atoms with Gasteiger partial charge in [0.25, 0.3) is 0 Å². The van der Waals surface area contributed by atoms with E-state index in [2.05, 4.69) is 10.3 Å². The van der Waals surface area contributed by atoms with Crippen molar-refractivity contribution in [2.75, 3.05) is 18.7 Å². The van der Waals surface area contributed by atoms with Gasteiger partial charge in [-0.25, -0.2) is 13.4 Å². The summed E-state index contributed by atoms with van der Waals surface area (Å²) in [6, 6.07) is 4.35. The number of aromatic nitrogens is 1. The molecule has 2 aliphatic rings. The van der Waals surface area contributed by atoms with Crippen LogP contribution in [-0.2, 0) is 10.0 Å². The second-order valence-electron chi connectivity index (χ2n) is 5.88. The van der Waals surface area contributed by atoms with Crippen LogP contribution in [0.1, 0.15) is 25.7 Å². The average molecular weight is 311 g/mol. The molecule has 0 spiro atoms. The van der Waals surface area contributed by atoms with Gasteiger partial charge in [0, 0.05) is 24.2 Å². The predicted octanol–water partition coefficient (Wildman–Crippen LogP) is 1.46. The number of hydrogen-bond acceptors (Lipinski definition) is 5. The molecular weight excluding hydrogens is 290 g/mol. The van der Waals surface area contributed by atoms with E-state index in [0.717, 1.165) is 31.4 Å². The van der Waals surface area contributed by atoms with Crippen LogP contribution in [0.5, 0.6) is 5.88 Å². The zero-order valence-corrected chi connectivity index (χ0v) is 13.1. The molecule has 2 aliphatic heterocycles. The third-order valence-corrected chi connectivity index (χ3v) is 5.73. The van der Waals surface area contributed by atoms with Crippen LogP contribution in [-0.4, -0.2) is 49.2 Å². The highest BCUT2D eigenvalue weighted by Gasteiger charge is 2.45. The van der Waals surface area contributed by atoms with Crippen LogP contribution >= 0.6 is 0 Å². The molecule has 1 aromatic heterocycles. The van der Waals surface area contributed by atoms with Crippen molar-refractivity contribution in [3.8, 4) is 5.88 Å². The van der Waals surface area contributed by atoms with Gasteiger partial charge in [0.2, 0.25) is 15.9 Å². The summed E-state index contributed by atoms with van der Waals surface area (Å²) >= 11 is 0. The van der Waals surface area contributed by atoms with E-state index < -0.39 is 10.0 Å². The second-order valence-corrected chi connectivity index (χ2v) is 7.77. The summed E-state index contributed by atoms with van der Waals surface area (Å²) in [5, 5.41) is 3.47. The van der Waals surface area contributed by atoms with Crippen LogP contribution < -0.4 is 10.1 Å². The average Bonchev–Trinajstić information content (AvgIpc) is 2.72. The number of anilines is 1. The van der Waals surface area contributed by atoms with Crippen molar-refractivity contribution in [3.63, 3.8) is 0 Å². The van der Waals surface area contributed by atoms with E-state index in [9.17, 15) is 8.42 Å². The maximum Gasteiger partial charge on any atom is 0.213 e. The Morgan fingerprint density at radius 2 is 1.95 bits per heavy atom. The minimum Gasteiger partial charge on any atom is -0.481 e. The first kappa shape index (κ1) is 14.6. The van der Waals surface area contributed by atoms with Crippen molar-refractivity contribution in [2.45, 2.75) is 43.8 Å². The highest BCUT2D eigenvalue weighted by molar-refractivity contribution is 7.88. The van der Waals surface area contributed by atoms with Crippen LogP contribution in [0.4, 0.5) is 5.69 Å². The molecule has 3 heterocycles. The number of sulfonamides is 1. The number of nitrogens with zero attached hydrogens (tertiary/aromatic N) is 2. The molecule has 6 nitrogen and oxygen atoms in total. The van der Waals surface area contributed by atoms with Gasteiger partial charge in [-0.05, 0) is 31.7 Å². The smallest absolute Gasteiger partial charge is 0.213 e. The Kier molecular flexibility index (Phi) is 3.79. The number of piperidine rings is 1. The summed E-state index contributed by atoms with van der Waals surface area (Å²) in [6.45, 7) is 0. The third-order valence-electron chi connectivity index (χ3n) is 4.37. The Morgan fingerprint density at radius 3 is 2.43 bits per heavy atom. The minimum absolute atomic E-state index is 0.141. The third kappa shape index (κ3) is 2.98. The molecule has 3 rings (SSSR count). The molecule has 116 valence electrons. The van der Waals surface area contributed by atoms with Crippen LogP contribution in [0.2, 0.25) is 0 Å². The van der Waals surface area contributed by atoms with Crippen LogP contribution in [0.15, 0.2) is 18.3 Å². The van der Waals surface area contributed by atoms with E-state index in [0.29, 0.717) is 11.9 Å². The van der Waals surface area contributed by atoms with Crippen molar-refractivity contribution in [3.05, 3.63) is 18.3 Å². The Morgan fingerprint density at radius 1 is 1.29 bits per heavy atom. The lowest BCUT2D eigenvalue weighted by atomic mass is 9.99. The zero-order chi connectivity index (χ0) is 15.0. The second kappa shape index (κ2) is 5.46. The van der Waals surface area contributed by atoms with Crippen molar-refractivity contribution in [2.24, 2.45) is 0 Å². The normalized spacial score (nSPS) is 29.3. The van der Waals surface area contributed by atoms with E-state index in [1.165, 1.54) is 6.26 Å². The number of fused-ring (bicyclic) bond motifs is 2. The van der Waals surface area contributed by atoms with Crippen LogP contribution in [0.25, 0.3) is 0 Å². The molecule has 21 heavy (non-hydrogen) atoms. The zero-order valence-electron chi connectivity index (χ0n) is 12.3. The summed E-state index contributed by atoms with van der Waals surface area (Å²) in [5.74, 6) is 0.590. The summed E-state index contributed by atoms with van der Waals surface area (Å²) in [5.41, 5.74) is 0.952. The molecule has 7 heteroatoms. The molecule has 0 amide bonds. The SMILES string of the molecule is COc1ccc(NC2CC3CCC(C2)N3S(C)(=O)=O)cn1. The highest BCUT2D eigenvalue weighted by Crippen LogP contribution is 2.38. The van der Waals surface area contributed by atoms with E-state index in [-0.39, 0.29) is 12.1 Å². The van der Waals surface area contributed by atoms with Gasteiger partial charge in [0.1, 0.15) is 0 Å². The van der Waals surface area contributed by atoms with Crippen molar-refractivity contribution < 1.29 is 13.2 Å². The van der Waals surface area contributed by atoms with E-state index in [1.54, 1.807) is 17.6 Å². The number of rotatable bonds is 4. The van der Waals surface area contributed by atoms with Crippen LogP contribution in [0, 0.1) is 0 Å². The largest absolute Gasteiger partial charge is 0.481 e. The summed E-state index contributed by atoms with van der Waals surface area (Å²) in [7, 11) is -1.50. The maximum atomic E-state index is 11.9. The molecule has 2 bridgehead atoms. The van der Waals surface area contributed by atoms with Crippen molar-refractivity contribution in [1.29, 1.82) is 0 Å². The van der Waals surface area contributed by atoms with Gasteiger partial charge in [-0.2, -0.15) is 4.31 Å². The number of pyridine rings is 1. The van der Waals surface area contributed by atoms with Gasteiger partial charge < -0.3 is 10.1 Å². The van der Waals surface area contributed by atoms with E-state index in [1.807, 2.05) is 12.1 Å². The lowest BCUT2D eigenvalue weighted by Gasteiger charge is -2.37. The number of methoxy groups -OCH3 is 1. The highest BCUT2D eigenvalue weighted by atomic mass is 32.2. The Labute approximate surface area is 125 Å². The van der Waals surface area contributed by atoms with Gasteiger partial charge in [0.15, 0.2) is 0 Å². The topological polar surface area (TPSA) is 71.5 Å². The standard InChI is InChI=1S/C14H21N3O3S/c1-20-14-6-3-10(9-15-14)16-11-7-12-4-5-13(8-11)17(12)21(2,18)19/h3,6,9,11-13,16H,4-5,7-8H2,1-2H3. The molecule has 2 unspecified atom stereocenters.